The molecule has 6 heteroatoms. The number of aromatic nitrogens is 1. The summed E-state index contributed by atoms with van der Waals surface area (Å²) in [7, 11) is 0. The van der Waals surface area contributed by atoms with Gasteiger partial charge in [-0.2, -0.15) is 5.26 Å². The van der Waals surface area contributed by atoms with Gasteiger partial charge in [-0.25, -0.2) is 4.39 Å². The van der Waals surface area contributed by atoms with Gasteiger partial charge in [0.2, 0.25) is 0 Å². The SMILES string of the molecule is CCCNc1ccc(C#N)cc1NC(=O)c1ccncc1F. The largest absolute Gasteiger partial charge is 0.383 e. The van der Waals surface area contributed by atoms with E-state index in [0.29, 0.717) is 16.9 Å². The third kappa shape index (κ3) is 3.58. The van der Waals surface area contributed by atoms with E-state index >= 15 is 0 Å². The highest BCUT2D eigenvalue weighted by Crippen LogP contribution is 2.24. The van der Waals surface area contributed by atoms with Crippen molar-refractivity contribution in [3.8, 4) is 6.07 Å². The number of carbonyl (C=O) groups excluding carboxylic acids is 1. The van der Waals surface area contributed by atoms with Gasteiger partial charge in [0.1, 0.15) is 0 Å². The first kappa shape index (κ1) is 15.4. The average molecular weight is 298 g/mol. The third-order valence-corrected chi connectivity index (χ3v) is 2.98. The second kappa shape index (κ2) is 7.18. The molecule has 1 amide bonds. The fourth-order valence-corrected chi connectivity index (χ4v) is 1.88. The van der Waals surface area contributed by atoms with E-state index in [1.54, 1.807) is 18.2 Å². The minimum absolute atomic E-state index is 0.0983. The lowest BCUT2D eigenvalue weighted by molar-refractivity contribution is 0.102. The predicted octanol–water partition coefficient (Wildman–Crippen LogP) is 3.17. The lowest BCUT2D eigenvalue weighted by Crippen LogP contribution is -2.15. The van der Waals surface area contributed by atoms with Crippen LogP contribution in [0.2, 0.25) is 0 Å². The lowest BCUT2D eigenvalue weighted by Gasteiger charge is -2.13. The Bertz CT molecular complexity index is 724. The van der Waals surface area contributed by atoms with E-state index < -0.39 is 11.7 Å². The molecule has 0 saturated carbocycles. The molecule has 2 rings (SSSR count). The average Bonchev–Trinajstić information content (AvgIpc) is 2.53. The highest BCUT2D eigenvalue weighted by Gasteiger charge is 2.13. The molecule has 0 atom stereocenters. The number of pyridine rings is 1. The van der Waals surface area contributed by atoms with Crippen LogP contribution in [0.1, 0.15) is 29.3 Å². The summed E-state index contributed by atoms with van der Waals surface area (Å²) in [6.07, 6.45) is 3.24. The van der Waals surface area contributed by atoms with Crippen LogP contribution in [-0.4, -0.2) is 17.4 Å². The zero-order valence-corrected chi connectivity index (χ0v) is 12.1. The molecule has 1 aromatic carbocycles. The number of nitriles is 1. The molecule has 0 spiro atoms. The van der Waals surface area contributed by atoms with Crippen molar-refractivity contribution in [2.45, 2.75) is 13.3 Å². The van der Waals surface area contributed by atoms with Crippen LogP contribution in [-0.2, 0) is 0 Å². The molecule has 0 radical (unpaired) electrons. The number of benzene rings is 1. The Morgan fingerprint density at radius 1 is 1.36 bits per heavy atom. The van der Waals surface area contributed by atoms with E-state index in [9.17, 15) is 9.18 Å². The number of rotatable bonds is 5. The summed E-state index contributed by atoms with van der Waals surface area (Å²) in [5.41, 5.74) is 1.43. The van der Waals surface area contributed by atoms with Crippen LogP contribution in [0.25, 0.3) is 0 Å². The summed E-state index contributed by atoms with van der Waals surface area (Å²) in [6.45, 7) is 2.74. The molecule has 2 aromatic rings. The number of anilines is 2. The van der Waals surface area contributed by atoms with Crippen LogP contribution in [0.3, 0.4) is 0 Å². The van der Waals surface area contributed by atoms with Gasteiger partial charge in [-0.3, -0.25) is 9.78 Å². The van der Waals surface area contributed by atoms with Crippen LogP contribution >= 0.6 is 0 Å². The molecule has 0 unspecified atom stereocenters. The van der Waals surface area contributed by atoms with Gasteiger partial charge < -0.3 is 10.6 Å². The van der Waals surface area contributed by atoms with Gasteiger partial charge in [-0.05, 0) is 30.7 Å². The first-order valence-corrected chi connectivity index (χ1v) is 6.84. The predicted molar refractivity (Wildman–Crippen MR) is 82.1 cm³/mol. The Morgan fingerprint density at radius 3 is 2.86 bits per heavy atom. The Hall–Kier alpha value is -2.94. The number of nitrogens with one attached hydrogen (secondary N) is 2. The molecule has 2 N–H and O–H groups in total. The third-order valence-electron chi connectivity index (χ3n) is 2.98. The molecule has 1 heterocycles. The maximum Gasteiger partial charge on any atom is 0.258 e. The van der Waals surface area contributed by atoms with Crippen molar-refractivity contribution < 1.29 is 9.18 Å². The molecule has 1 aromatic heterocycles. The minimum atomic E-state index is -0.695. The number of carbonyl (C=O) groups is 1. The second-order valence-electron chi connectivity index (χ2n) is 4.61. The molecular formula is C16H15FN4O. The monoisotopic (exact) mass is 298 g/mol. The highest BCUT2D eigenvalue weighted by molar-refractivity contribution is 6.06. The number of amides is 1. The van der Waals surface area contributed by atoms with E-state index in [-0.39, 0.29) is 5.56 Å². The first-order valence-electron chi connectivity index (χ1n) is 6.84. The quantitative estimate of drug-likeness (QED) is 0.888. The molecule has 0 aliphatic rings. The zero-order chi connectivity index (χ0) is 15.9. The smallest absolute Gasteiger partial charge is 0.258 e. The van der Waals surface area contributed by atoms with Crippen LogP contribution in [0.5, 0.6) is 0 Å². The van der Waals surface area contributed by atoms with Gasteiger partial charge in [0, 0.05) is 12.7 Å². The Labute approximate surface area is 127 Å². The summed E-state index contributed by atoms with van der Waals surface area (Å²) in [5.74, 6) is -1.28. The number of halogens is 1. The molecule has 0 fully saturated rings. The molecule has 5 nitrogen and oxygen atoms in total. The van der Waals surface area contributed by atoms with E-state index in [4.69, 9.17) is 5.26 Å². The molecule has 112 valence electrons. The summed E-state index contributed by atoms with van der Waals surface area (Å²) < 4.78 is 13.6. The Kier molecular flexibility index (Phi) is 5.04. The van der Waals surface area contributed by atoms with Crippen molar-refractivity contribution in [2.24, 2.45) is 0 Å². The van der Waals surface area contributed by atoms with E-state index in [1.165, 1.54) is 12.3 Å². The molecule has 0 aliphatic heterocycles. The fourth-order valence-electron chi connectivity index (χ4n) is 1.88. The first-order chi connectivity index (χ1) is 10.7. The minimum Gasteiger partial charge on any atom is -0.383 e. The van der Waals surface area contributed by atoms with Crippen molar-refractivity contribution >= 4 is 17.3 Å². The van der Waals surface area contributed by atoms with Crippen molar-refractivity contribution in [3.05, 3.63) is 53.6 Å². The maximum atomic E-state index is 13.6. The summed E-state index contributed by atoms with van der Waals surface area (Å²) in [5, 5.41) is 14.8. The topological polar surface area (TPSA) is 77.8 Å². The number of hydrogen-bond donors (Lipinski definition) is 2. The number of nitrogens with zero attached hydrogens (tertiary/aromatic N) is 2. The lowest BCUT2D eigenvalue weighted by atomic mass is 10.1. The standard InChI is InChI=1S/C16H15FN4O/c1-2-6-20-14-4-3-11(9-18)8-15(14)21-16(22)12-5-7-19-10-13(12)17/h3-5,7-8,10,20H,2,6H2,1H3,(H,21,22). The summed E-state index contributed by atoms with van der Waals surface area (Å²) in [4.78, 5) is 15.8. The van der Waals surface area contributed by atoms with Crippen LogP contribution in [0.15, 0.2) is 36.7 Å². The maximum absolute atomic E-state index is 13.6. The second-order valence-corrected chi connectivity index (χ2v) is 4.61. The van der Waals surface area contributed by atoms with Crippen LogP contribution in [0.4, 0.5) is 15.8 Å². The van der Waals surface area contributed by atoms with Crippen molar-refractivity contribution in [1.29, 1.82) is 5.26 Å². The normalized spacial score (nSPS) is 9.86. The molecule has 0 aliphatic carbocycles. The van der Waals surface area contributed by atoms with E-state index in [2.05, 4.69) is 15.6 Å². The van der Waals surface area contributed by atoms with Gasteiger partial charge >= 0.3 is 0 Å². The summed E-state index contributed by atoms with van der Waals surface area (Å²) >= 11 is 0. The van der Waals surface area contributed by atoms with E-state index in [0.717, 1.165) is 19.2 Å². The van der Waals surface area contributed by atoms with Gasteiger partial charge in [0.15, 0.2) is 5.82 Å². The zero-order valence-electron chi connectivity index (χ0n) is 12.1. The van der Waals surface area contributed by atoms with Gasteiger partial charge in [0.05, 0.1) is 34.8 Å². The fraction of sp³-hybridized carbons (Fsp3) is 0.188. The van der Waals surface area contributed by atoms with Crippen LogP contribution < -0.4 is 10.6 Å². The molecule has 22 heavy (non-hydrogen) atoms. The molecule has 0 bridgehead atoms. The van der Waals surface area contributed by atoms with Gasteiger partial charge in [-0.1, -0.05) is 6.92 Å². The van der Waals surface area contributed by atoms with Crippen LogP contribution in [0, 0.1) is 17.1 Å². The van der Waals surface area contributed by atoms with Crippen molar-refractivity contribution in [2.75, 3.05) is 17.2 Å². The van der Waals surface area contributed by atoms with Gasteiger partial charge in [-0.15, -0.1) is 0 Å². The Balaban J connectivity index is 2.29. The number of hydrogen-bond acceptors (Lipinski definition) is 4. The van der Waals surface area contributed by atoms with Crippen molar-refractivity contribution in [3.63, 3.8) is 0 Å². The Morgan fingerprint density at radius 2 is 2.18 bits per heavy atom. The highest BCUT2D eigenvalue weighted by atomic mass is 19.1. The van der Waals surface area contributed by atoms with Gasteiger partial charge in [0.25, 0.3) is 5.91 Å². The van der Waals surface area contributed by atoms with E-state index in [1.807, 2.05) is 13.0 Å². The molecule has 0 saturated heterocycles. The summed E-state index contributed by atoms with van der Waals surface area (Å²) in [6, 6.07) is 8.23. The van der Waals surface area contributed by atoms with Crippen molar-refractivity contribution in [1.82, 2.24) is 4.98 Å². The molecular weight excluding hydrogens is 283 g/mol.